The van der Waals surface area contributed by atoms with E-state index in [0.717, 1.165) is 11.3 Å². The number of hydrogen-bond acceptors (Lipinski definition) is 6. The first-order valence-electron chi connectivity index (χ1n) is 9.03. The smallest absolute Gasteiger partial charge is 0.230 e. The lowest BCUT2D eigenvalue weighted by Gasteiger charge is -2.11. The van der Waals surface area contributed by atoms with E-state index in [0.29, 0.717) is 28.3 Å². The third-order valence-electron chi connectivity index (χ3n) is 4.20. The summed E-state index contributed by atoms with van der Waals surface area (Å²) in [6, 6.07) is 17.6. The normalized spacial score (nSPS) is 10.8. The van der Waals surface area contributed by atoms with Crippen LogP contribution in [0, 0.1) is 0 Å². The van der Waals surface area contributed by atoms with Gasteiger partial charge >= 0.3 is 0 Å². The van der Waals surface area contributed by atoms with Crippen molar-refractivity contribution in [2.24, 2.45) is 0 Å². The van der Waals surface area contributed by atoms with Gasteiger partial charge in [-0.3, -0.25) is 9.36 Å². The van der Waals surface area contributed by atoms with Crippen LogP contribution in [-0.2, 0) is 11.3 Å². The van der Waals surface area contributed by atoms with Crippen molar-refractivity contribution in [2.45, 2.75) is 11.7 Å². The summed E-state index contributed by atoms with van der Waals surface area (Å²) in [5, 5.41) is 22.1. The number of phenols is 1. The molecule has 1 amide bonds. The number of aromatic nitrogens is 3. The van der Waals surface area contributed by atoms with E-state index in [1.54, 1.807) is 54.8 Å². The number of hydrogen-bond donors (Lipinski definition) is 2. The molecule has 152 valence electrons. The van der Waals surface area contributed by atoms with Crippen molar-refractivity contribution in [2.75, 3.05) is 5.75 Å². The number of benzene rings is 2. The molecule has 0 atom stereocenters. The number of nitrogens with zero attached hydrogens (tertiary/aromatic N) is 3. The van der Waals surface area contributed by atoms with E-state index in [9.17, 15) is 9.90 Å². The zero-order chi connectivity index (χ0) is 20.9. The van der Waals surface area contributed by atoms with Gasteiger partial charge in [0.05, 0.1) is 24.2 Å². The maximum Gasteiger partial charge on any atom is 0.230 e. The number of amides is 1. The van der Waals surface area contributed by atoms with Crippen LogP contribution in [0.5, 0.6) is 5.75 Å². The highest BCUT2D eigenvalue weighted by Gasteiger charge is 2.17. The molecule has 2 N–H and O–H groups in total. The molecule has 0 spiro atoms. The first-order valence-corrected chi connectivity index (χ1v) is 10.4. The van der Waals surface area contributed by atoms with Crippen LogP contribution in [0.25, 0.3) is 17.1 Å². The topological polar surface area (TPSA) is 93.2 Å². The largest absolute Gasteiger partial charge is 0.508 e. The van der Waals surface area contributed by atoms with E-state index in [1.165, 1.54) is 11.8 Å². The minimum atomic E-state index is -0.150. The highest BCUT2D eigenvalue weighted by Crippen LogP contribution is 2.29. The number of thioether (sulfide) groups is 1. The lowest BCUT2D eigenvalue weighted by atomic mass is 10.2. The van der Waals surface area contributed by atoms with E-state index in [-0.39, 0.29) is 17.4 Å². The summed E-state index contributed by atoms with van der Waals surface area (Å²) in [5.74, 6) is 1.44. The number of phenolic OH excluding ortho intramolecular Hbond substituents is 1. The van der Waals surface area contributed by atoms with E-state index in [1.807, 2.05) is 16.7 Å². The zero-order valence-corrected chi connectivity index (χ0v) is 17.2. The molecule has 0 fully saturated rings. The molecule has 4 aromatic rings. The van der Waals surface area contributed by atoms with Crippen molar-refractivity contribution in [1.29, 1.82) is 0 Å². The van der Waals surface area contributed by atoms with Crippen molar-refractivity contribution in [3.8, 4) is 22.8 Å². The summed E-state index contributed by atoms with van der Waals surface area (Å²) in [7, 11) is 0. The lowest BCUT2D eigenvalue weighted by Crippen LogP contribution is -2.24. The Morgan fingerprint density at radius 1 is 1.13 bits per heavy atom. The number of furan rings is 1. The second kappa shape index (κ2) is 9.06. The van der Waals surface area contributed by atoms with Crippen LogP contribution in [-0.4, -0.2) is 31.5 Å². The average Bonchev–Trinajstić information content (AvgIpc) is 3.41. The predicted molar refractivity (Wildman–Crippen MR) is 115 cm³/mol. The molecule has 2 aromatic heterocycles. The van der Waals surface area contributed by atoms with Crippen LogP contribution in [0.4, 0.5) is 0 Å². The molecular formula is C21H17ClN4O3S. The number of carbonyl (C=O) groups excluding carboxylic acids is 1. The van der Waals surface area contributed by atoms with Crippen molar-refractivity contribution < 1.29 is 14.3 Å². The fourth-order valence-electron chi connectivity index (χ4n) is 2.79. The van der Waals surface area contributed by atoms with Gasteiger partial charge in [0.25, 0.3) is 0 Å². The van der Waals surface area contributed by atoms with Crippen molar-refractivity contribution in [3.63, 3.8) is 0 Å². The SMILES string of the molecule is O=C(CSc1nnc(-c2ccc(O)cc2)n1-c1cccc(Cl)c1)NCc1ccco1. The molecule has 0 saturated heterocycles. The Hall–Kier alpha value is -3.23. The van der Waals surface area contributed by atoms with Crippen LogP contribution in [0.15, 0.2) is 76.5 Å². The Balaban J connectivity index is 1.58. The fourth-order valence-corrected chi connectivity index (χ4v) is 3.76. The first-order chi connectivity index (χ1) is 14.6. The predicted octanol–water partition coefficient (Wildman–Crippen LogP) is 4.29. The third-order valence-corrected chi connectivity index (χ3v) is 5.36. The zero-order valence-electron chi connectivity index (χ0n) is 15.7. The Bertz CT molecular complexity index is 1140. The van der Waals surface area contributed by atoms with E-state index in [4.69, 9.17) is 16.0 Å². The highest BCUT2D eigenvalue weighted by molar-refractivity contribution is 7.99. The number of carbonyl (C=O) groups is 1. The molecule has 2 aromatic carbocycles. The van der Waals surface area contributed by atoms with Gasteiger partial charge in [0.15, 0.2) is 11.0 Å². The maximum atomic E-state index is 12.2. The van der Waals surface area contributed by atoms with E-state index in [2.05, 4.69) is 15.5 Å². The molecule has 0 aliphatic heterocycles. The first kappa shape index (κ1) is 20.1. The molecule has 4 rings (SSSR count). The second-order valence-corrected chi connectivity index (χ2v) is 7.69. The molecule has 0 aliphatic rings. The summed E-state index contributed by atoms with van der Waals surface area (Å²) >= 11 is 7.45. The Morgan fingerprint density at radius 2 is 1.97 bits per heavy atom. The number of aromatic hydroxyl groups is 1. The summed E-state index contributed by atoms with van der Waals surface area (Å²) < 4.78 is 7.05. The monoisotopic (exact) mass is 440 g/mol. The van der Waals surface area contributed by atoms with Crippen LogP contribution < -0.4 is 5.32 Å². The number of nitrogens with one attached hydrogen (secondary N) is 1. The average molecular weight is 441 g/mol. The molecule has 0 radical (unpaired) electrons. The van der Waals surface area contributed by atoms with Gasteiger partial charge in [-0.05, 0) is 54.6 Å². The molecule has 7 nitrogen and oxygen atoms in total. The summed E-state index contributed by atoms with van der Waals surface area (Å²) in [4.78, 5) is 12.2. The standard InChI is InChI=1S/C21H17ClN4O3S/c22-15-3-1-4-16(11-15)26-20(14-6-8-17(27)9-7-14)24-25-21(26)30-13-19(28)23-12-18-5-2-10-29-18/h1-11,27H,12-13H2,(H,23,28). The molecule has 2 heterocycles. The molecule has 0 unspecified atom stereocenters. The highest BCUT2D eigenvalue weighted by atomic mass is 35.5. The fraction of sp³-hybridized carbons (Fsp3) is 0.0952. The van der Waals surface area contributed by atoms with Gasteiger partial charge in [0, 0.05) is 10.6 Å². The van der Waals surface area contributed by atoms with Gasteiger partial charge in [-0.1, -0.05) is 29.4 Å². The van der Waals surface area contributed by atoms with Crippen LogP contribution >= 0.6 is 23.4 Å². The molecular weight excluding hydrogens is 424 g/mol. The van der Waals surface area contributed by atoms with Crippen molar-refractivity contribution >= 4 is 29.3 Å². The van der Waals surface area contributed by atoms with Crippen LogP contribution in [0.2, 0.25) is 5.02 Å². The number of rotatable bonds is 7. The van der Waals surface area contributed by atoms with E-state index < -0.39 is 0 Å². The molecule has 0 bridgehead atoms. The van der Waals surface area contributed by atoms with Crippen molar-refractivity contribution in [3.05, 3.63) is 77.7 Å². The molecule has 30 heavy (non-hydrogen) atoms. The third kappa shape index (κ3) is 4.67. The molecule has 9 heteroatoms. The number of halogens is 1. The van der Waals surface area contributed by atoms with Gasteiger partial charge < -0.3 is 14.8 Å². The van der Waals surface area contributed by atoms with Crippen molar-refractivity contribution in [1.82, 2.24) is 20.1 Å². The molecule has 0 saturated carbocycles. The summed E-state index contributed by atoms with van der Waals surface area (Å²) in [5.41, 5.74) is 1.54. The van der Waals surface area contributed by atoms with E-state index >= 15 is 0 Å². The van der Waals surface area contributed by atoms with Gasteiger partial charge in [-0.15, -0.1) is 10.2 Å². The Kier molecular flexibility index (Phi) is 6.06. The Labute approximate surface area is 181 Å². The van der Waals surface area contributed by atoms with Gasteiger partial charge in [-0.2, -0.15) is 0 Å². The molecule has 0 aliphatic carbocycles. The minimum Gasteiger partial charge on any atom is -0.508 e. The summed E-state index contributed by atoms with van der Waals surface area (Å²) in [6.07, 6.45) is 1.56. The second-order valence-electron chi connectivity index (χ2n) is 6.31. The minimum absolute atomic E-state index is 0.150. The van der Waals surface area contributed by atoms with Gasteiger partial charge in [0.1, 0.15) is 11.5 Å². The van der Waals surface area contributed by atoms with Gasteiger partial charge in [-0.25, -0.2) is 0 Å². The quantitative estimate of drug-likeness (QED) is 0.416. The maximum absolute atomic E-state index is 12.2. The van der Waals surface area contributed by atoms with Gasteiger partial charge in [0.2, 0.25) is 5.91 Å². The van der Waals surface area contributed by atoms with Crippen LogP contribution in [0.3, 0.4) is 0 Å². The van der Waals surface area contributed by atoms with Crippen LogP contribution in [0.1, 0.15) is 5.76 Å². The summed E-state index contributed by atoms with van der Waals surface area (Å²) in [6.45, 7) is 0.326. The Morgan fingerprint density at radius 3 is 2.70 bits per heavy atom. The lowest BCUT2D eigenvalue weighted by molar-refractivity contribution is -0.118.